The third-order valence-corrected chi connectivity index (χ3v) is 4.46. The Morgan fingerprint density at radius 2 is 2.05 bits per heavy atom. The van der Waals surface area contributed by atoms with Gasteiger partial charge in [-0.05, 0) is 38.5 Å². The molecule has 1 fully saturated rings. The van der Waals surface area contributed by atoms with E-state index >= 15 is 0 Å². The highest BCUT2D eigenvalue weighted by Gasteiger charge is 2.20. The second-order valence-electron chi connectivity index (χ2n) is 5.98. The van der Waals surface area contributed by atoms with Gasteiger partial charge in [0.2, 0.25) is 0 Å². The number of hydrogen-bond donors (Lipinski definition) is 1. The molecule has 118 valence electrons. The summed E-state index contributed by atoms with van der Waals surface area (Å²) in [6, 6.07) is 0. The zero-order valence-corrected chi connectivity index (χ0v) is 13.9. The Morgan fingerprint density at radius 1 is 1.19 bits per heavy atom. The monoisotopic (exact) mass is 290 g/mol. The molecule has 4 nitrogen and oxygen atoms in total. The van der Waals surface area contributed by atoms with Gasteiger partial charge in [-0.3, -0.25) is 0 Å². The van der Waals surface area contributed by atoms with Crippen LogP contribution in [0.2, 0.25) is 0 Å². The molecule has 21 heavy (non-hydrogen) atoms. The van der Waals surface area contributed by atoms with Gasteiger partial charge in [0, 0.05) is 25.2 Å². The van der Waals surface area contributed by atoms with Gasteiger partial charge in [-0.15, -0.1) is 0 Å². The van der Waals surface area contributed by atoms with Gasteiger partial charge in [0.1, 0.15) is 18.0 Å². The first-order valence-electron chi connectivity index (χ1n) is 8.62. The molecule has 1 atom stereocenters. The molecule has 1 aromatic rings. The lowest BCUT2D eigenvalue weighted by molar-refractivity contribution is 0.435. The maximum Gasteiger partial charge on any atom is 0.137 e. The predicted octanol–water partition coefficient (Wildman–Crippen LogP) is 3.88. The Kier molecular flexibility index (Phi) is 6.27. The first-order valence-corrected chi connectivity index (χ1v) is 8.62. The highest BCUT2D eigenvalue weighted by atomic mass is 15.2. The van der Waals surface area contributed by atoms with E-state index in [1.807, 2.05) is 0 Å². The van der Waals surface area contributed by atoms with Crippen LogP contribution in [0.5, 0.6) is 0 Å². The first-order chi connectivity index (χ1) is 10.3. The largest absolute Gasteiger partial charge is 0.370 e. The quantitative estimate of drug-likeness (QED) is 0.863. The number of hydrogen-bond acceptors (Lipinski definition) is 4. The molecule has 1 N–H and O–H groups in total. The highest BCUT2D eigenvalue weighted by molar-refractivity contribution is 5.58. The summed E-state index contributed by atoms with van der Waals surface area (Å²) in [4.78, 5) is 11.5. The van der Waals surface area contributed by atoms with Crippen molar-refractivity contribution in [3.63, 3.8) is 0 Å². The fourth-order valence-electron chi connectivity index (χ4n) is 3.39. The summed E-state index contributed by atoms with van der Waals surface area (Å²) >= 11 is 0. The molecule has 1 saturated heterocycles. The summed E-state index contributed by atoms with van der Waals surface area (Å²) in [5.74, 6) is 3.07. The number of nitrogens with zero attached hydrogens (tertiary/aromatic N) is 3. The van der Waals surface area contributed by atoms with Crippen molar-refractivity contribution in [3.8, 4) is 0 Å². The Hall–Kier alpha value is -1.32. The van der Waals surface area contributed by atoms with Crippen molar-refractivity contribution < 1.29 is 0 Å². The molecule has 0 aromatic carbocycles. The minimum Gasteiger partial charge on any atom is -0.370 e. The molecule has 0 amide bonds. The molecule has 1 aliphatic heterocycles. The Morgan fingerprint density at radius 3 is 2.76 bits per heavy atom. The third kappa shape index (κ3) is 4.08. The van der Waals surface area contributed by atoms with Crippen LogP contribution in [-0.4, -0.2) is 29.6 Å². The van der Waals surface area contributed by atoms with Gasteiger partial charge in [0.25, 0.3) is 0 Å². The molecule has 1 aromatic heterocycles. The fourth-order valence-corrected chi connectivity index (χ4v) is 3.39. The number of aromatic nitrogens is 2. The van der Waals surface area contributed by atoms with Crippen molar-refractivity contribution >= 4 is 11.6 Å². The van der Waals surface area contributed by atoms with E-state index in [-0.39, 0.29) is 0 Å². The topological polar surface area (TPSA) is 41.1 Å². The van der Waals surface area contributed by atoms with Crippen LogP contribution in [0.4, 0.5) is 11.6 Å². The van der Waals surface area contributed by atoms with E-state index < -0.39 is 0 Å². The molecule has 0 saturated carbocycles. The van der Waals surface area contributed by atoms with Gasteiger partial charge in [0.05, 0.1) is 0 Å². The van der Waals surface area contributed by atoms with Crippen molar-refractivity contribution in [1.29, 1.82) is 0 Å². The number of nitrogens with one attached hydrogen (secondary N) is 1. The van der Waals surface area contributed by atoms with Crippen LogP contribution < -0.4 is 10.2 Å². The fraction of sp³-hybridized carbons (Fsp3) is 0.765. The summed E-state index contributed by atoms with van der Waals surface area (Å²) < 4.78 is 0. The number of rotatable bonds is 6. The second-order valence-corrected chi connectivity index (χ2v) is 5.98. The molecule has 0 bridgehead atoms. The van der Waals surface area contributed by atoms with E-state index in [0.29, 0.717) is 0 Å². The predicted molar refractivity (Wildman–Crippen MR) is 90.0 cm³/mol. The van der Waals surface area contributed by atoms with Crippen molar-refractivity contribution in [2.45, 2.75) is 59.3 Å². The Bertz CT molecular complexity index is 433. The minimum atomic E-state index is 0.903. The Balaban J connectivity index is 2.15. The highest BCUT2D eigenvalue weighted by Crippen LogP contribution is 2.28. The van der Waals surface area contributed by atoms with Gasteiger partial charge < -0.3 is 10.2 Å². The lowest BCUT2D eigenvalue weighted by atomic mass is 9.96. The van der Waals surface area contributed by atoms with E-state index in [4.69, 9.17) is 0 Å². The van der Waals surface area contributed by atoms with Crippen LogP contribution in [0.3, 0.4) is 0 Å². The lowest BCUT2D eigenvalue weighted by Crippen LogP contribution is -2.27. The summed E-state index contributed by atoms with van der Waals surface area (Å²) in [7, 11) is 0. The summed E-state index contributed by atoms with van der Waals surface area (Å²) in [5, 5.41) is 3.37. The molecule has 0 spiro atoms. The van der Waals surface area contributed by atoms with Crippen LogP contribution in [0, 0.1) is 5.92 Å². The molecular weight excluding hydrogens is 260 g/mol. The van der Waals surface area contributed by atoms with Crippen LogP contribution in [-0.2, 0) is 6.42 Å². The molecule has 4 heteroatoms. The van der Waals surface area contributed by atoms with Crippen LogP contribution in [0.25, 0.3) is 0 Å². The summed E-state index contributed by atoms with van der Waals surface area (Å²) in [6.07, 6.45) is 9.33. The second kappa shape index (κ2) is 8.20. The lowest BCUT2D eigenvalue weighted by Gasteiger charge is -2.25. The minimum absolute atomic E-state index is 0.903. The average Bonchev–Trinajstić information content (AvgIpc) is 2.73. The zero-order valence-electron chi connectivity index (χ0n) is 13.9. The molecule has 0 aliphatic carbocycles. The molecule has 2 rings (SSSR count). The molecule has 1 aliphatic rings. The SMILES string of the molecule is CCCC1CCCN(c2ncnc(NCC)c2CC)CC1. The van der Waals surface area contributed by atoms with Crippen LogP contribution in [0.1, 0.15) is 58.4 Å². The van der Waals surface area contributed by atoms with Crippen molar-refractivity contribution in [3.05, 3.63) is 11.9 Å². The van der Waals surface area contributed by atoms with Crippen molar-refractivity contribution in [1.82, 2.24) is 9.97 Å². The smallest absolute Gasteiger partial charge is 0.137 e. The maximum atomic E-state index is 4.60. The normalized spacial score (nSPS) is 19.4. The molecule has 2 heterocycles. The van der Waals surface area contributed by atoms with Gasteiger partial charge >= 0.3 is 0 Å². The Labute approximate surface area is 129 Å². The standard InChI is InChI=1S/C17H30N4/c1-4-8-14-9-7-11-21(12-10-14)17-15(5-2)16(18-6-3)19-13-20-17/h13-14H,4-12H2,1-3H3,(H,18,19,20). The van der Waals surface area contributed by atoms with E-state index in [1.54, 1.807) is 6.33 Å². The van der Waals surface area contributed by atoms with E-state index in [1.165, 1.54) is 37.7 Å². The molecule has 1 unspecified atom stereocenters. The average molecular weight is 290 g/mol. The van der Waals surface area contributed by atoms with Gasteiger partial charge in [-0.25, -0.2) is 9.97 Å². The van der Waals surface area contributed by atoms with Gasteiger partial charge in [0.15, 0.2) is 0 Å². The maximum absolute atomic E-state index is 4.60. The third-order valence-electron chi connectivity index (χ3n) is 4.46. The van der Waals surface area contributed by atoms with E-state index in [2.05, 4.69) is 41.0 Å². The first kappa shape index (κ1) is 16.1. The zero-order chi connectivity index (χ0) is 15.1. The van der Waals surface area contributed by atoms with E-state index in [9.17, 15) is 0 Å². The van der Waals surface area contributed by atoms with E-state index in [0.717, 1.165) is 43.6 Å². The summed E-state index contributed by atoms with van der Waals surface area (Å²) in [6.45, 7) is 9.78. The molecular formula is C17H30N4. The van der Waals surface area contributed by atoms with Crippen LogP contribution >= 0.6 is 0 Å². The van der Waals surface area contributed by atoms with Crippen LogP contribution in [0.15, 0.2) is 6.33 Å². The van der Waals surface area contributed by atoms with Crippen molar-refractivity contribution in [2.24, 2.45) is 5.92 Å². The van der Waals surface area contributed by atoms with Gasteiger partial charge in [-0.2, -0.15) is 0 Å². The molecule has 0 radical (unpaired) electrons. The summed E-state index contributed by atoms with van der Waals surface area (Å²) in [5.41, 5.74) is 1.27. The van der Waals surface area contributed by atoms with Gasteiger partial charge in [-0.1, -0.05) is 26.7 Å². The number of anilines is 2. The van der Waals surface area contributed by atoms with Crippen molar-refractivity contribution in [2.75, 3.05) is 29.9 Å².